The third-order valence-electron chi connectivity index (χ3n) is 10.5. The summed E-state index contributed by atoms with van der Waals surface area (Å²) in [6, 6.07) is 24.6. The molecule has 1 unspecified atom stereocenters. The Morgan fingerprint density at radius 3 is 2.17 bits per heavy atom. The van der Waals surface area contributed by atoms with E-state index in [1.54, 1.807) is 36.4 Å². The van der Waals surface area contributed by atoms with Crippen molar-refractivity contribution in [2.24, 2.45) is 0 Å². The third-order valence-corrected chi connectivity index (χ3v) is 10.5. The van der Waals surface area contributed by atoms with Crippen molar-refractivity contribution in [1.29, 1.82) is 0 Å². The Bertz CT molecular complexity index is 2500. The number of amides is 5. The zero-order valence-electron chi connectivity index (χ0n) is 34.3. The molecule has 2 aliphatic heterocycles. The lowest BCUT2D eigenvalue weighted by molar-refractivity contribution is -0.138. The summed E-state index contributed by atoms with van der Waals surface area (Å²) in [5, 5.41) is 13.1. The van der Waals surface area contributed by atoms with Crippen molar-refractivity contribution in [3.05, 3.63) is 125 Å². The monoisotopic (exact) mass is 866 g/mol. The first-order valence-corrected chi connectivity index (χ1v) is 20.4. The standard InChI is InChI=1S/C46H45F3N6O8/c1-28(52-42(57)31-10-14-35-30(26-31)4-2-5-34(35)29-8-11-32(12-9-29)46(47,48)49)38-6-3-7-40(53-38)51-19-21-62-23-25-63-24-22-61-20-18-50-33-13-15-36-37(27-33)45(60)55(44(36)59)39-16-17-41(56)54-43(39)58/h2-15,26-28,39,50H,16-25H2,1H3,(H,51,53)(H,52,57)(H,54,56,58)/t28-,39?/m0/s1. The number of benzene rings is 4. The summed E-state index contributed by atoms with van der Waals surface area (Å²) < 4.78 is 56.1. The second kappa shape index (κ2) is 20.0. The normalized spacial score (nSPS) is 15.6. The van der Waals surface area contributed by atoms with E-state index in [4.69, 9.17) is 14.2 Å². The number of carbonyl (C=O) groups excluding carboxylic acids is 5. The number of nitrogens with one attached hydrogen (secondary N) is 4. The molecule has 3 heterocycles. The maximum atomic E-state index is 13.3. The number of piperidine rings is 1. The van der Waals surface area contributed by atoms with Crippen molar-refractivity contribution in [1.82, 2.24) is 20.5 Å². The maximum absolute atomic E-state index is 13.3. The van der Waals surface area contributed by atoms with E-state index < -0.39 is 47.5 Å². The average molecular weight is 867 g/mol. The van der Waals surface area contributed by atoms with E-state index in [0.717, 1.165) is 33.4 Å². The van der Waals surface area contributed by atoms with E-state index in [1.165, 1.54) is 12.1 Å². The number of imide groups is 2. The zero-order valence-corrected chi connectivity index (χ0v) is 34.3. The average Bonchev–Trinajstić information content (AvgIpc) is 3.52. The number of carbonyl (C=O) groups is 5. The van der Waals surface area contributed by atoms with Gasteiger partial charge in [0.25, 0.3) is 17.7 Å². The lowest BCUT2D eigenvalue weighted by Crippen LogP contribution is -2.54. The molecule has 1 fully saturated rings. The number of anilines is 2. The molecule has 2 atom stereocenters. The molecule has 14 nitrogen and oxygen atoms in total. The van der Waals surface area contributed by atoms with Crippen LogP contribution >= 0.6 is 0 Å². The van der Waals surface area contributed by atoms with Crippen LogP contribution in [0.5, 0.6) is 0 Å². The van der Waals surface area contributed by atoms with Gasteiger partial charge in [0, 0.05) is 30.8 Å². The van der Waals surface area contributed by atoms with Crippen LogP contribution in [-0.4, -0.2) is 98.2 Å². The molecule has 7 rings (SSSR count). The molecule has 2 aliphatic rings. The Hall–Kier alpha value is -6.69. The number of hydrogen-bond donors (Lipinski definition) is 4. The summed E-state index contributed by atoms with van der Waals surface area (Å²) in [7, 11) is 0. The van der Waals surface area contributed by atoms with Gasteiger partial charge in [-0.3, -0.25) is 34.2 Å². The van der Waals surface area contributed by atoms with Gasteiger partial charge in [-0.25, -0.2) is 4.98 Å². The highest BCUT2D eigenvalue weighted by Gasteiger charge is 2.44. The molecule has 0 radical (unpaired) electrons. The van der Waals surface area contributed by atoms with Crippen LogP contribution in [0.3, 0.4) is 0 Å². The van der Waals surface area contributed by atoms with Crippen molar-refractivity contribution in [3.63, 3.8) is 0 Å². The number of nitrogens with zero attached hydrogens (tertiary/aromatic N) is 2. The first-order valence-electron chi connectivity index (χ1n) is 20.4. The molecular formula is C46H45F3N6O8. The Morgan fingerprint density at radius 1 is 0.778 bits per heavy atom. The van der Waals surface area contributed by atoms with Crippen LogP contribution in [0.25, 0.3) is 21.9 Å². The number of aromatic nitrogens is 1. The van der Waals surface area contributed by atoms with E-state index in [0.29, 0.717) is 81.1 Å². The van der Waals surface area contributed by atoms with Crippen LogP contribution in [0, 0.1) is 0 Å². The first kappa shape index (κ1) is 44.4. The maximum Gasteiger partial charge on any atom is 0.416 e. The van der Waals surface area contributed by atoms with Gasteiger partial charge in [-0.1, -0.05) is 42.5 Å². The van der Waals surface area contributed by atoms with Crippen molar-refractivity contribution >= 4 is 51.8 Å². The van der Waals surface area contributed by atoms with E-state index in [9.17, 15) is 37.1 Å². The van der Waals surface area contributed by atoms with E-state index in [1.807, 2.05) is 43.3 Å². The van der Waals surface area contributed by atoms with Crippen molar-refractivity contribution < 1.29 is 51.4 Å². The molecule has 0 saturated carbocycles. The minimum Gasteiger partial charge on any atom is -0.383 e. The Labute approximate surface area is 360 Å². The smallest absolute Gasteiger partial charge is 0.383 e. The van der Waals surface area contributed by atoms with Gasteiger partial charge in [0.1, 0.15) is 11.9 Å². The summed E-state index contributed by atoms with van der Waals surface area (Å²) >= 11 is 0. The van der Waals surface area contributed by atoms with Gasteiger partial charge in [-0.05, 0) is 89.8 Å². The van der Waals surface area contributed by atoms with E-state index in [-0.39, 0.29) is 29.9 Å². The van der Waals surface area contributed by atoms with Gasteiger partial charge in [0.15, 0.2) is 0 Å². The zero-order chi connectivity index (χ0) is 44.5. The molecule has 5 aromatic rings. The van der Waals surface area contributed by atoms with Crippen molar-refractivity contribution in [2.75, 3.05) is 63.4 Å². The summed E-state index contributed by atoms with van der Waals surface area (Å²) in [6.45, 7) is 5.02. The van der Waals surface area contributed by atoms with Crippen molar-refractivity contribution in [3.8, 4) is 11.1 Å². The minimum atomic E-state index is -4.42. The summed E-state index contributed by atoms with van der Waals surface area (Å²) in [6.07, 6.45) is -4.26. The predicted octanol–water partition coefficient (Wildman–Crippen LogP) is 6.39. The van der Waals surface area contributed by atoms with Crippen molar-refractivity contribution in [2.45, 2.75) is 38.0 Å². The summed E-state index contributed by atoms with van der Waals surface area (Å²) in [5.74, 6) is -1.87. The number of pyridine rings is 1. The molecule has 5 amide bonds. The Balaban J connectivity index is 0.753. The number of alkyl halides is 3. The third kappa shape index (κ3) is 10.9. The van der Waals surface area contributed by atoms with Crippen LogP contribution in [0.1, 0.15) is 68.1 Å². The largest absolute Gasteiger partial charge is 0.416 e. The quantitative estimate of drug-likeness (QED) is 0.0535. The number of hydrogen-bond acceptors (Lipinski definition) is 11. The second-order valence-electron chi connectivity index (χ2n) is 14.9. The first-order chi connectivity index (χ1) is 30.4. The van der Waals surface area contributed by atoms with Gasteiger partial charge >= 0.3 is 6.18 Å². The van der Waals surface area contributed by atoms with Gasteiger partial charge in [-0.2, -0.15) is 13.2 Å². The van der Waals surface area contributed by atoms with Crippen LogP contribution in [-0.2, 0) is 30.0 Å². The summed E-state index contributed by atoms with van der Waals surface area (Å²) in [5.41, 5.74) is 2.81. The highest BCUT2D eigenvalue weighted by molar-refractivity contribution is 6.23. The fraction of sp³-hybridized carbons (Fsp3) is 0.304. The number of halogens is 3. The minimum absolute atomic E-state index is 0.0559. The number of fused-ring (bicyclic) bond motifs is 2. The second-order valence-corrected chi connectivity index (χ2v) is 14.9. The van der Waals surface area contributed by atoms with Crippen LogP contribution < -0.4 is 21.3 Å². The molecule has 4 N–H and O–H groups in total. The molecule has 0 bridgehead atoms. The molecule has 328 valence electrons. The van der Waals surface area contributed by atoms with Crippen LogP contribution in [0.2, 0.25) is 0 Å². The number of ether oxygens (including phenoxy) is 3. The lowest BCUT2D eigenvalue weighted by atomic mass is 9.96. The number of rotatable bonds is 19. The van der Waals surface area contributed by atoms with Gasteiger partial charge in [-0.15, -0.1) is 0 Å². The topological polar surface area (TPSA) is 177 Å². The van der Waals surface area contributed by atoms with E-state index in [2.05, 4.69) is 26.3 Å². The fourth-order valence-corrected chi connectivity index (χ4v) is 7.30. The molecule has 17 heteroatoms. The van der Waals surface area contributed by atoms with Gasteiger partial charge in [0.05, 0.1) is 68.1 Å². The highest BCUT2D eigenvalue weighted by atomic mass is 19.4. The highest BCUT2D eigenvalue weighted by Crippen LogP contribution is 2.34. The Kier molecular flexibility index (Phi) is 14.1. The van der Waals surface area contributed by atoms with Gasteiger partial charge < -0.3 is 30.2 Å². The SMILES string of the molecule is C[C@H](NC(=O)c1ccc2c(-c3ccc(C(F)(F)F)cc3)cccc2c1)c1cccc(NCCOCCOCCOCCNc2ccc3c(c2)C(=O)N(C2CCC(=O)NC2=O)C3=O)n1. The predicted molar refractivity (Wildman–Crippen MR) is 227 cm³/mol. The summed E-state index contributed by atoms with van der Waals surface area (Å²) in [4.78, 5) is 68.5. The molecule has 63 heavy (non-hydrogen) atoms. The molecule has 0 aliphatic carbocycles. The van der Waals surface area contributed by atoms with Gasteiger partial charge in [0.2, 0.25) is 11.8 Å². The molecular weight excluding hydrogens is 822 g/mol. The molecule has 4 aromatic carbocycles. The molecule has 1 saturated heterocycles. The van der Waals surface area contributed by atoms with E-state index >= 15 is 0 Å². The van der Waals surface area contributed by atoms with Crippen LogP contribution in [0.15, 0.2) is 97.1 Å². The van der Waals surface area contributed by atoms with Crippen LogP contribution in [0.4, 0.5) is 24.7 Å². The molecule has 1 aromatic heterocycles. The molecule has 0 spiro atoms. The lowest BCUT2D eigenvalue weighted by Gasteiger charge is -2.27. The Morgan fingerprint density at radius 2 is 1.46 bits per heavy atom. The fourth-order valence-electron chi connectivity index (χ4n) is 7.30.